The summed E-state index contributed by atoms with van der Waals surface area (Å²) in [4.78, 5) is 16.6. The lowest BCUT2D eigenvalue weighted by atomic mass is 9.76. The smallest absolute Gasteiger partial charge is 0.197 e. The molecule has 4 heteroatoms. The number of anilines is 1. The molecule has 4 nitrogen and oxygen atoms in total. The van der Waals surface area contributed by atoms with Crippen LogP contribution in [-0.4, -0.2) is 23.5 Å². The molecule has 0 amide bonds. The number of fused-ring (bicyclic) bond motifs is 5. The van der Waals surface area contributed by atoms with E-state index in [-0.39, 0.29) is 11.7 Å². The van der Waals surface area contributed by atoms with Gasteiger partial charge in [-0.15, -0.1) is 0 Å². The molecule has 0 N–H and O–H groups in total. The molecule has 2 aromatic carbocycles. The van der Waals surface area contributed by atoms with E-state index in [2.05, 4.69) is 52.9 Å². The standard InChI is InChI=1S/C28H28N2O2/c1-4-6-17-30-24-15-11-9-13-22(24)27(31)28(30)20(3)16-18-29-23-14-10-8-12-21(23)25(26(28)29)32-19-7-5-2/h4-16,18,20H,17,19H2,1-3H3/b6-4+,7-5+. The maximum atomic E-state index is 14.3. The molecule has 3 aromatic rings. The van der Waals surface area contributed by atoms with Crippen LogP contribution in [0.4, 0.5) is 5.69 Å². The van der Waals surface area contributed by atoms with Crippen LogP contribution in [0.2, 0.25) is 0 Å². The van der Waals surface area contributed by atoms with Gasteiger partial charge in [0.2, 0.25) is 0 Å². The van der Waals surface area contributed by atoms with Gasteiger partial charge in [0.25, 0.3) is 0 Å². The third-order valence-electron chi connectivity index (χ3n) is 6.70. The molecule has 2 atom stereocenters. The van der Waals surface area contributed by atoms with Gasteiger partial charge in [-0.05, 0) is 38.1 Å². The van der Waals surface area contributed by atoms with Gasteiger partial charge in [0.05, 0.1) is 5.52 Å². The molecule has 0 saturated carbocycles. The molecule has 2 unspecified atom stereocenters. The van der Waals surface area contributed by atoms with Gasteiger partial charge in [0, 0.05) is 35.3 Å². The Morgan fingerprint density at radius 2 is 1.78 bits per heavy atom. The average Bonchev–Trinajstić information content (AvgIpc) is 3.26. The van der Waals surface area contributed by atoms with Crippen LogP contribution in [0.3, 0.4) is 0 Å². The number of carbonyl (C=O) groups is 1. The topological polar surface area (TPSA) is 34.5 Å². The molecule has 3 heterocycles. The zero-order chi connectivity index (χ0) is 22.3. The van der Waals surface area contributed by atoms with Crippen molar-refractivity contribution in [2.45, 2.75) is 26.3 Å². The monoisotopic (exact) mass is 424 g/mol. The highest BCUT2D eigenvalue weighted by Crippen LogP contribution is 2.55. The van der Waals surface area contributed by atoms with E-state index >= 15 is 0 Å². The third kappa shape index (κ3) is 2.65. The number of para-hydroxylation sites is 2. The van der Waals surface area contributed by atoms with Crippen LogP contribution in [0.25, 0.3) is 17.1 Å². The highest BCUT2D eigenvalue weighted by atomic mass is 16.5. The van der Waals surface area contributed by atoms with Crippen LogP contribution in [0, 0.1) is 5.92 Å². The normalized spacial score (nSPS) is 21.9. The number of ketones is 1. The van der Waals surface area contributed by atoms with Crippen LogP contribution in [0.5, 0.6) is 5.75 Å². The lowest BCUT2D eigenvalue weighted by molar-refractivity contribution is 0.0854. The largest absolute Gasteiger partial charge is 0.487 e. The van der Waals surface area contributed by atoms with Crippen molar-refractivity contribution in [3.63, 3.8) is 0 Å². The van der Waals surface area contributed by atoms with Crippen molar-refractivity contribution in [2.75, 3.05) is 18.1 Å². The molecule has 0 aliphatic carbocycles. The van der Waals surface area contributed by atoms with Gasteiger partial charge < -0.3 is 14.2 Å². The van der Waals surface area contributed by atoms with Crippen molar-refractivity contribution in [1.82, 2.24) is 4.57 Å². The van der Waals surface area contributed by atoms with Crippen LogP contribution in [0.15, 0.2) is 78.9 Å². The van der Waals surface area contributed by atoms with Crippen molar-refractivity contribution in [2.24, 2.45) is 5.92 Å². The zero-order valence-electron chi connectivity index (χ0n) is 18.8. The number of allylic oxidation sites excluding steroid dienone is 2. The van der Waals surface area contributed by atoms with Crippen LogP contribution >= 0.6 is 0 Å². The first kappa shape index (κ1) is 20.4. The number of carbonyl (C=O) groups excluding carboxylic acids is 1. The summed E-state index contributed by atoms with van der Waals surface area (Å²) in [5.74, 6) is 0.893. The Balaban J connectivity index is 1.85. The Bertz CT molecular complexity index is 1280. The molecular formula is C28H28N2O2. The number of hydrogen-bond donors (Lipinski definition) is 0. The summed E-state index contributed by atoms with van der Waals surface area (Å²) >= 11 is 0. The van der Waals surface area contributed by atoms with E-state index in [0.29, 0.717) is 13.2 Å². The summed E-state index contributed by atoms with van der Waals surface area (Å²) in [6.45, 7) is 7.25. The quantitative estimate of drug-likeness (QED) is 0.458. The molecule has 162 valence electrons. The van der Waals surface area contributed by atoms with Crippen LogP contribution in [0.1, 0.15) is 36.8 Å². The van der Waals surface area contributed by atoms with Crippen LogP contribution in [-0.2, 0) is 5.54 Å². The van der Waals surface area contributed by atoms with E-state index in [9.17, 15) is 4.79 Å². The van der Waals surface area contributed by atoms with E-state index in [0.717, 1.165) is 33.6 Å². The minimum Gasteiger partial charge on any atom is -0.487 e. The molecule has 0 saturated heterocycles. The zero-order valence-corrected chi connectivity index (χ0v) is 18.8. The summed E-state index contributed by atoms with van der Waals surface area (Å²) in [5.41, 5.74) is 2.85. The number of rotatable bonds is 5. The Kier molecular flexibility index (Phi) is 5.01. The Morgan fingerprint density at radius 1 is 1.03 bits per heavy atom. The van der Waals surface area contributed by atoms with Crippen LogP contribution < -0.4 is 9.64 Å². The van der Waals surface area contributed by atoms with E-state index in [1.165, 1.54) is 0 Å². The minimum absolute atomic E-state index is 0.0338. The van der Waals surface area contributed by atoms with Crippen molar-refractivity contribution in [3.05, 3.63) is 90.2 Å². The third-order valence-corrected chi connectivity index (χ3v) is 6.70. The maximum absolute atomic E-state index is 14.3. The fourth-order valence-corrected chi connectivity index (χ4v) is 5.25. The predicted molar refractivity (Wildman–Crippen MR) is 131 cm³/mol. The first-order valence-corrected chi connectivity index (χ1v) is 11.2. The molecule has 2 aliphatic rings. The first-order valence-electron chi connectivity index (χ1n) is 11.2. The Hall–Kier alpha value is -3.53. The number of ether oxygens (including phenoxy) is 1. The second kappa shape index (κ2) is 7.86. The summed E-state index contributed by atoms with van der Waals surface area (Å²) in [5, 5.41) is 1.03. The molecule has 0 fully saturated rings. The fraction of sp³-hybridized carbons (Fsp3) is 0.250. The lowest BCUT2D eigenvalue weighted by Gasteiger charge is -2.44. The predicted octanol–water partition coefficient (Wildman–Crippen LogP) is 6.19. The summed E-state index contributed by atoms with van der Waals surface area (Å²) < 4.78 is 8.55. The van der Waals surface area contributed by atoms with Crippen molar-refractivity contribution in [1.29, 1.82) is 0 Å². The molecule has 2 aliphatic heterocycles. The molecule has 0 radical (unpaired) electrons. The second-order valence-corrected chi connectivity index (χ2v) is 8.37. The van der Waals surface area contributed by atoms with E-state index in [1.54, 1.807) is 0 Å². The van der Waals surface area contributed by atoms with Gasteiger partial charge in [-0.25, -0.2) is 0 Å². The highest BCUT2D eigenvalue weighted by Gasteiger charge is 2.59. The van der Waals surface area contributed by atoms with Gasteiger partial charge in [-0.3, -0.25) is 4.79 Å². The average molecular weight is 425 g/mol. The number of Topliss-reactive ketones (excluding diaryl/α,β-unsaturated/α-hetero) is 1. The lowest BCUT2D eigenvalue weighted by Crippen LogP contribution is -2.54. The number of hydrogen-bond acceptors (Lipinski definition) is 3. The van der Waals surface area contributed by atoms with E-state index in [4.69, 9.17) is 4.74 Å². The SMILES string of the molecule is C/C=C/COc1c2n(c3ccccc13)C=CC(C)C21C(=O)c2ccccc2N1C/C=C/C. The number of aromatic nitrogens is 1. The number of nitrogens with zero attached hydrogens (tertiary/aromatic N) is 2. The fourth-order valence-electron chi connectivity index (χ4n) is 5.25. The second-order valence-electron chi connectivity index (χ2n) is 8.37. The van der Waals surface area contributed by atoms with Crippen molar-refractivity contribution < 1.29 is 9.53 Å². The molecule has 0 bridgehead atoms. The molecule has 1 aromatic heterocycles. The van der Waals surface area contributed by atoms with E-state index in [1.807, 2.05) is 62.4 Å². The van der Waals surface area contributed by atoms with Gasteiger partial charge >= 0.3 is 0 Å². The van der Waals surface area contributed by atoms with E-state index < -0.39 is 5.54 Å². The van der Waals surface area contributed by atoms with Gasteiger partial charge in [0.15, 0.2) is 17.1 Å². The highest BCUT2D eigenvalue weighted by molar-refractivity contribution is 6.16. The minimum atomic E-state index is -0.873. The van der Waals surface area contributed by atoms with Crippen molar-refractivity contribution >= 4 is 28.6 Å². The molecule has 5 rings (SSSR count). The van der Waals surface area contributed by atoms with Gasteiger partial charge in [-0.1, -0.05) is 61.6 Å². The summed E-state index contributed by atoms with van der Waals surface area (Å²) in [7, 11) is 0. The number of benzene rings is 2. The Morgan fingerprint density at radius 3 is 2.59 bits per heavy atom. The molecule has 32 heavy (non-hydrogen) atoms. The van der Waals surface area contributed by atoms with Gasteiger partial charge in [-0.2, -0.15) is 0 Å². The summed E-state index contributed by atoms with van der Waals surface area (Å²) in [6, 6.07) is 16.2. The van der Waals surface area contributed by atoms with Crippen molar-refractivity contribution in [3.8, 4) is 5.75 Å². The first-order chi connectivity index (χ1) is 15.7. The Labute approximate surface area is 189 Å². The maximum Gasteiger partial charge on any atom is 0.197 e. The summed E-state index contributed by atoms with van der Waals surface area (Å²) in [6.07, 6.45) is 12.4. The molecular weight excluding hydrogens is 396 g/mol. The molecule has 1 spiro atoms. The van der Waals surface area contributed by atoms with Gasteiger partial charge in [0.1, 0.15) is 12.3 Å².